The summed E-state index contributed by atoms with van der Waals surface area (Å²) in [5.41, 5.74) is -0.384. The number of urea groups is 1. The molecule has 2 aromatic heterocycles. The summed E-state index contributed by atoms with van der Waals surface area (Å²) >= 11 is 1.10. The Kier molecular flexibility index (Phi) is 3.40. The van der Waals surface area contributed by atoms with Gasteiger partial charge in [-0.25, -0.2) is 4.79 Å². The molecule has 3 amide bonds. The van der Waals surface area contributed by atoms with Crippen molar-refractivity contribution in [3.05, 3.63) is 44.9 Å². The third kappa shape index (κ3) is 2.16. The minimum Gasteiger partial charge on any atom is -0.466 e. The summed E-state index contributed by atoms with van der Waals surface area (Å²) in [5.74, 6) is 0.00520. The molecule has 1 N–H and O–H groups in total. The Morgan fingerprint density at radius 1 is 1.32 bits per heavy atom. The van der Waals surface area contributed by atoms with E-state index in [4.69, 9.17) is 4.42 Å². The van der Waals surface area contributed by atoms with Crippen LogP contribution in [0.1, 0.15) is 18.4 Å². The van der Waals surface area contributed by atoms with Gasteiger partial charge in [-0.15, -0.1) is 0 Å². The Morgan fingerprint density at radius 3 is 2.68 bits per heavy atom. The number of thiazole rings is 1. The van der Waals surface area contributed by atoms with Crippen molar-refractivity contribution in [2.75, 3.05) is 6.54 Å². The van der Waals surface area contributed by atoms with Crippen LogP contribution in [-0.4, -0.2) is 28.0 Å². The van der Waals surface area contributed by atoms with Crippen LogP contribution in [0.25, 0.3) is 0 Å². The highest BCUT2D eigenvalue weighted by Crippen LogP contribution is 2.28. The predicted molar refractivity (Wildman–Crippen MR) is 79.6 cm³/mol. The summed E-state index contributed by atoms with van der Waals surface area (Å²) in [7, 11) is 0. The van der Waals surface area contributed by atoms with E-state index < -0.39 is 11.6 Å². The largest absolute Gasteiger partial charge is 0.466 e. The second kappa shape index (κ2) is 5.13. The molecule has 0 spiro atoms. The second-order valence-corrected chi connectivity index (χ2v) is 6.10. The van der Waals surface area contributed by atoms with Crippen molar-refractivity contribution in [2.45, 2.75) is 25.9 Å². The molecule has 3 rings (SSSR count). The summed E-state index contributed by atoms with van der Waals surface area (Å²) < 4.78 is 6.81. The normalized spacial score (nSPS) is 21.5. The van der Waals surface area contributed by atoms with Crippen LogP contribution in [-0.2, 0) is 16.9 Å². The summed E-state index contributed by atoms with van der Waals surface area (Å²) in [6, 6.07) is 2.83. The minimum absolute atomic E-state index is 0.0987. The van der Waals surface area contributed by atoms with E-state index in [-0.39, 0.29) is 23.9 Å². The van der Waals surface area contributed by atoms with Gasteiger partial charge in [0, 0.05) is 24.2 Å². The quantitative estimate of drug-likeness (QED) is 0.860. The molecule has 22 heavy (non-hydrogen) atoms. The van der Waals surface area contributed by atoms with Crippen molar-refractivity contribution in [1.29, 1.82) is 0 Å². The summed E-state index contributed by atoms with van der Waals surface area (Å²) in [6.07, 6.45) is 1.46. The number of imide groups is 1. The van der Waals surface area contributed by atoms with Crippen molar-refractivity contribution < 1.29 is 14.0 Å². The number of hydrogen-bond donors (Lipinski definition) is 1. The molecule has 3 heterocycles. The van der Waals surface area contributed by atoms with Crippen LogP contribution in [0, 0.1) is 6.92 Å². The molecule has 0 radical (unpaired) electrons. The molecule has 1 aliphatic heterocycles. The lowest BCUT2D eigenvalue weighted by atomic mass is 9.99. The van der Waals surface area contributed by atoms with E-state index in [1.807, 2.05) is 6.92 Å². The monoisotopic (exact) mass is 321 g/mol. The Hall–Kier alpha value is -2.35. The second-order valence-electron chi connectivity index (χ2n) is 5.28. The Labute approximate surface area is 130 Å². The number of furan rings is 1. The molecular formula is C14H15N3O4S. The van der Waals surface area contributed by atoms with Crippen molar-refractivity contribution in [3.8, 4) is 0 Å². The van der Waals surface area contributed by atoms with Gasteiger partial charge in [0.15, 0.2) is 5.54 Å². The van der Waals surface area contributed by atoms with E-state index in [1.54, 1.807) is 29.0 Å². The van der Waals surface area contributed by atoms with Gasteiger partial charge in [-0.3, -0.25) is 14.5 Å². The third-order valence-electron chi connectivity index (χ3n) is 3.81. The molecule has 7 nitrogen and oxygen atoms in total. The first kappa shape index (κ1) is 14.6. The number of carbonyl (C=O) groups excluding carboxylic acids is 2. The number of aromatic nitrogens is 1. The third-order valence-corrected chi connectivity index (χ3v) is 4.69. The molecule has 1 saturated heterocycles. The highest BCUT2D eigenvalue weighted by molar-refractivity contribution is 7.07. The fourth-order valence-corrected chi connectivity index (χ4v) is 3.27. The van der Waals surface area contributed by atoms with Gasteiger partial charge in [-0.05, 0) is 26.0 Å². The Bertz CT molecular complexity index is 776. The zero-order valence-corrected chi connectivity index (χ0v) is 13.0. The van der Waals surface area contributed by atoms with Crippen LogP contribution in [0.15, 0.2) is 33.0 Å². The molecule has 8 heteroatoms. The Morgan fingerprint density at radius 2 is 2.09 bits per heavy atom. The number of aryl methyl sites for hydroxylation is 1. The molecular weight excluding hydrogens is 306 g/mol. The molecule has 1 atom stereocenters. The van der Waals surface area contributed by atoms with Crippen LogP contribution < -0.4 is 10.2 Å². The first-order valence-corrected chi connectivity index (χ1v) is 7.64. The summed E-state index contributed by atoms with van der Waals surface area (Å²) in [4.78, 5) is 37.4. The summed E-state index contributed by atoms with van der Waals surface area (Å²) in [5, 5.41) is 4.40. The van der Waals surface area contributed by atoms with Crippen molar-refractivity contribution in [3.63, 3.8) is 0 Å². The maximum Gasteiger partial charge on any atom is 0.325 e. The summed E-state index contributed by atoms with van der Waals surface area (Å²) in [6.45, 7) is 3.84. The zero-order chi connectivity index (χ0) is 15.9. The smallest absolute Gasteiger partial charge is 0.325 e. The maximum absolute atomic E-state index is 12.6. The zero-order valence-electron chi connectivity index (χ0n) is 12.2. The number of nitrogens with one attached hydrogen (secondary N) is 1. The van der Waals surface area contributed by atoms with Crippen LogP contribution >= 0.6 is 11.3 Å². The van der Waals surface area contributed by atoms with E-state index in [9.17, 15) is 14.4 Å². The predicted octanol–water partition coefficient (Wildman–Crippen LogP) is 1.28. The van der Waals surface area contributed by atoms with Crippen molar-refractivity contribution in [2.24, 2.45) is 0 Å². The van der Waals surface area contributed by atoms with E-state index >= 15 is 0 Å². The van der Waals surface area contributed by atoms with Gasteiger partial charge in [0.1, 0.15) is 5.76 Å². The molecule has 0 saturated carbocycles. The highest BCUT2D eigenvalue weighted by Gasteiger charge is 2.50. The van der Waals surface area contributed by atoms with E-state index in [0.717, 1.165) is 21.9 Å². The lowest BCUT2D eigenvalue weighted by molar-refractivity contribution is -0.131. The van der Waals surface area contributed by atoms with Gasteiger partial charge >= 0.3 is 10.9 Å². The lowest BCUT2D eigenvalue weighted by Crippen LogP contribution is -2.41. The first-order chi connectivity index (χ1) is 10.4. The van der Waals surface area contributed by atoms with Gasteiger partial charge in [-0.1, -0.05) is 11.3 Å². The van der Waals surface area contributed by atoms with E-state index in [0.29, 0.717) is 5.76 Å². The number of rotatable bonds is 4. The lowest BCUT2D eigenvalue weighted by Gasteiger charge is -2.19. The average Bonchev–Trinajstić information content (AvgIpc) is 3.15. The van der Waals surface area contributed by atoms with Gasteiger partial charge in [0.2, 0.25) is 0 Å². The Balaban J connectivity index is 1.80. The fraction of sp³-hybridized carbons (Fsp3) is 0.357. The number of hydrogen-bond acceptors (Lipinski definition) is 5. The number of nitrogens with zero attached hydrogens (tertiary/aromatic N) is 2. The van der Waals surface area contributed by atoms with Crippen LogP contribution in [0.3, 0.4) is 0 Å². The molecule has 2 aromatic rings. The van der Waals surface area contributed by atoms with E-state index in [2.05, 4.69) is 5.32 Å². The van der Waals surface area contributed by atoms with Crippen molar-refractivity contribution in [1.82, 2.24) is 14.8 Å². The van der Waals surface area contributed by atoms with Gasteiger partial charge < -0.3 is 14.3 Å². The maximum atomic E-state index is 12.6. The standard InChI is InChI=1S/C14H15N3O4S/c1-9-8-22-13(20)16(9)5-6-17-11(18)14(2,15-12(17)19)10-4-3-7-21-10/h3-4,7-8H,5-6H2,1-2H3,(H,15,19)/t14-/m1/s1. The van der Waals surface area contributed by atoms with Crippen LogP contribution in [0.5, 0.6) is 0 Å². The molecule has 0 bridgehead atoms. The van der Waals surface area contributed by atoms with Gasteiger partial charge in [0.05, 0.1) is 6.26 Å². The molecule has 0 aromatic carbocycles. The van der Waals surface area contributed by atoms with Gasteiger partial charge in [-0.2, -0.15) is 0 Å². The highest BCUT2D eigenvalue weighted by atomic mass is 32.1. The molecule has 116 valence electrons. The fourth-order valence-electron chi connectivity index (χ4n) is 2.50. The SMILES string of the molecule is Cc1csc(=O)n1CCN1C(=O)N[C@](C)(c2ccco2)C1=O. The van der Waals surface area contributed by atoms with Crippen LogP contribution in [0.2, 0.25) is 0 Å². The first-order valence-electron chi connectivity index (χ1n) is 6.76. The molecule has 1 fully saturated rings. The number of amides is 3. The van der Waals surface area contributed by atoms with Gasteiger partial charge in [0.25, 0.3) is 5.91 Å². The topological polar surface area (TPSA) is 84.6 Å². The average molecular weight is 321 g/mol. The van der Waals surface area contributed by atoms with E-state index in [1.165, 1.54) is 6.26 Å². The van der Waals surface area contributed by atoms with Crippen molar-refractivity contribution >= 4 is 23.3 Å². The molecule has 1 aliphatic rings. The number of carbonyl (C=O) groups is 2. The molecule has 0 unspecified atom stereocenters. The molecule has 0 aliphatic carbocycles. The minimum atomic E-state index is -1.20. The van der Waals surface area contributed by atoms with Crippen LogP contribution in [0.4, 0.5) is 4.79 Å².